The summed E-state index contributed by atoms with van der Waals surface area (Å²) in [6.07, 6.45) is -1.33. The van der Waals surface area contributed by atoms with Crippen molar-refractivity contribution < 1.29 is 14.7 Å². The highest BCUT2D eigenvalue weighted by Crippen LogP contribution is 2.23. The normalized spacial score (nSPS) is 17.1. The molecule has 4 heteroatoms. The van der Waals surface area contributed by atoms with Crippen LogP contribution in [0.1, 0.15) is 20.7 Å². The van der Waals surface area contributed by atoms with E-state index in [0.29, 0.717) is 11.1 Å². The maximum absolute atomic E-state index is 11.6. The van der Waals surface area contributed by atoms with Crippen molar-refractivity contribution in [1.82, 2.24) is 4.90 Å². The van der Waals surface area contributed by atoms with Crippen molar-refractivity contribution in [3.05, 3.63) is 42.3 Å². The fraction of sp³-hybridized carbons (Fsp3) is 0.100. The molecule has 0 aliphatic carbocycles. The zero-order chi connectivity index (χ0) is 10.3. The Morgan fingerprint density at radius 1 is 1.14 bits per heavy atom. The van der Waals surface area contributed by atoms with Gasteiger partial charge in [0.1, 0.15) is 6.23 Å². The summed E-state index contributed by atoms with van der Waals surface area (Å²) in [7, 11) is 0. The minimum atomic E-state index is -1.33. The van der Waals surface area contributed by atoms with Gasteiger partial charge in [0.25, 0.3) is 11.8 Å². The molecule has 1 aliphatic rings. The first kappa shape index (κ1) is 8.90. The number of benzene rings is 1. The van der Waals surface area contributed by atoms with Crippen molar-refractivity contribution >= 4 is 11.8 Å². The van der Waals surface area contributed by atoms with Crippen molar-refractivity contribution in [3.63, 3.8) is 0 Å². The first-order valence-electron chi connectivity index (χ1n) is 4.11. The maximum Gasteiger partial charge on any atom is 0.263 e. The van der Waals surface area contributed by atoms with Crippen molar-refractivity contribution in [3.8, 4) is 0 Å². The van der Waals surface area contributed by atoms with E-state index in [1.165, 1.54) is 0 Å². The molecule has 0 fully saturated rings. The maximum atomic E-state index is 11.6. The molecular formula is C10H8NO3. The average Bonchev–Trinajstić information content (AvgIpc) is 2.41. The molecule has 1 N–H and O–H groups in total. The van der Waals surface area contributed by atoms with Crippen molar-refractivity contribution in [2.24, 2.45) is 0 Å². The summed E-state index contributed by atoms with van der Waals surface area (Å²) >= 11 is 0. The molecular weight excluding hydrogens is 182 g/mol. The number of hydrogen-bond acceptors (Lipinski definition) is 3. The molecule has 1 aromatic carbocycles. The van der Waals surface area contributed by atoms with Gasteiger partial charge in [0.05, 0.1) is 11.1 Å². The Hall–Kier alpha value is -1.68. The topological polar surface area (TPSA) is 57.6 Å². The number of aliphatic hydroxyl groups is 1. The van der Waals surface area contributed by atoms with Crippen molar-refractivity contribution in [1.29, 1.82) is 0 Å². The molecule has 14 heavy (non-hydrogen) atoms. The molecule has 1 aliphatic heterocycles. The van der Waals surface area contributed by atoms with Gasteiger partial charge in [-0.15, -0.1) is 0 Å². The van der Waals surface area contributed by atoms with Crippen LogP contribution in [0.3, 0.4) is 0 Å². The number of hydrogen-bond donors (Lipinski definition) is 1. The Labute approximate surface area is 80.8 Å². The number of aliphatic hydroxyl groups excluding tert-OH is 1. The quantitative estimate of drug-likeness (QED) is 0.653. The van der Waals surface area contributed by atoms with Crippen LogP contribution < -0.4 is 0 Å². The smallest absolute Gasteiger partial charge is 0.263 e. The molecule has 71 valence electrons. The summed E-state index contributed by atoms with van der Waals surface area (Å²) in [5.41, 5.74) is 0.639. The number of imide groups is 1. The Balaban J connectivity index is 2.54. The van der Waals surface area contributed by atoms with Gasteiger partial charge in [0.2, 0.25) is 0 Å². The van der Waals surface area contributed by atoms with Crippen LogP contribution in [0, 0.1) is 6.92 Å². The second-order valence-corrected chi connectivity index (χ2v) is 3.01. The SMILES string of the molecule is [CH2]C(O)N1C(=O)c2ccccc2C1=O. The van der Waals surface area contributed by atoms with Gasteiger partial charge in [-0.1, -0.05) is 12.1 Å². The predicted octanol–water partition coefficient (Wildman–Crippen LogP) is 0.435. The third kappa shape index (κ3) is 1.04. The van der Waals surface area contributed by atoms with Crippen LogP contribution in [-0.4, -0.2) is 28.0 Å². The van der Waals surface area contributed by atoms with E-state index in [1.807, 2.05) is 0 Å². The van der Waals surface area contributed by atoms with Crippen LogP contribution in [0.5, 0.6) is 0 Å². The van der Waals surface area contributed by atoms with E-state index in [2.05, 4.69) is 6.92 Å². The summed E-state index contributed by atoms with van der Waals surface area (Å²) in [6, 6.07) is 6.45. The molecule has 1 radical (unpaired) electrons. The van der Waals surface area contributed by atoms with Crippen molar-refractivity contribution in [2.45, 2.75) is 6.23 Å². The van der Waals surface area contributed by atoms with E-state index in [-0.39, 0.29) is 0 Å². The molecule has 1 heterocycles. The van der Waals surface area contributed by atoms with Crippen LogP contribution >= 0.6 is 0 Å². The lowest BCUT2D eigenvalue weighted by atomic mass is 10.1. The lowest BCUT2D eigenvalue weighted by Crippen LogP contribution is -2.37. The number of rotatable bonds is 1. The Bertz CT molecular complexity index is 377. The Morgan fingerprint density at radius 3 is 1.93 bits per heavy atom. The van der Waals surface area contributed by atoms with E-state index in [9.17, 15) is 9.59 Å². The largest absolute Gasteiger partial charge is 0.373 e. The van der Waals surface area contributed by atoms with Gasteiger partial charge in [-0.2, -0.15) is 0 Å². The summed E-state index contributed by atoms with van der Waals surface area (Å²) < 4.78 is 0. The van der Waals surface area contributed by atoms with Crippen LogP contribution in [0.4, 0.5) is 0 Å². The van der Waals surface area contributed by atoms with E-state index in [4.69, 9.17) is 5.11 Å². The number of carbonyl (C=O) groups excluding carboxylic acids is 2. The number of nitrogens with zero attached hydrogens (tertiary/aromatic N) is 1. The van der Waals surface area contributed by atoms with Gasteiger partial charge in [-0.25, -0.2) is 4.90 Å². The van der Waals surface area contributed by atoms with Gasteiger partial charge in [0.15, 0.2) is 0 Å². The summed E-state index contributed by atoms with van der Waals surface area (Å²) in [4.78, 5) is 23.8. The molecule has 0 aromatic heterocycles. The summed E-state index contributed by atoms with van der Waals surface area (Å²) in [5, 5.41) is 9.14. The first-order valence-corrected chi connectivity index (χ1v) is 4.11. The molecule has 1 aromatic rings. The van der Waals surface area contributed by atoms with Gasteiger partial charge >= 0.3 is 0 Å². The molecule has 1 unspecified atom stereocenters. The summed E-state index contributed by atoms with van der Waals surface area (Å²) in [6.45, 7) is 3.24. The first-order chi connectivity index (χ1) is 6.63. The average molecular weight is 190 g/mol. The molecule has 1 atom stereocenters. The Morgan fingerprint density at radius 2 is 1.57 bits per heavy atom. The minimum absolute atomic E-state index is 0.320. The van der Waals surface area contributed by atoms with Crippen molar-refractivity contribution in [2.75, 3.05) is 0 Å². The van der Waals surface area contributed by atoms with Crippen LogP contribution in [0.2, 0.25) is 0 Å². The second kappa shape index (κ2) is 2.92. The highest BCUT2D eigenvalue weighted by Gasteiger charge is 2.37. The second-order valence-electron chi connectivity index (χ2n) is 3.01. The minimum Gasteiger partial charge on any atom is -0.373 e. The number of fused-ring (bicyclic) bond motifs is 1. The fourth-order valence-electron chi connectivity index (χ4n) is 1.48. The van der Waals surface area contributed by atoms with E-state index in [1.54, 1.807) is 24.3 Å². The van der Waals surface area contributed by atoms with Gasteiger partial charge in [-0.05, 0) is 19.1 Å². The Kier molecular flexibility index (Phi) is 1.86. The molecule has 0 saturated carbocycles. The van der Waals surface area contributed by atoms with Gasteiger partial charge in [0, 0.05) is 0 Å². The zero-order valence-corrected chi connectivity index (χ0v) is 7.30. The zero-order valence-electron chi connectivity index (χ0n) is 7.30. The van der Waals surface area contributed by atoms with E-state index >= 15 is 0 Å². The van der Waals surface area contributed by atoms with E-state index in [0.717, 1.165) is 4.90 Å². The fourth-order valence-corrected chi connectivity index (χ4v) is 1.48. The molecule has 2 amide bonds. The molecule has 4 nitrogen and oxygen atoms in total. The van der Waals surface area contributed by atoms with Crippen LogP contribution in [0.15, 0.2) is 24.3 Å². The van der Waals surface area contributed by atoms with Crippen LogP contribution in [-0.2, 0) is 0 Å². The molecule has 0 saturated heterocycles. The summed E-state index contributed by atoms with van der Waals surface area (Å²) in [5.74, 6) is -0.985. The van der Waals surface area contributed by atoms with Crippen LogP contribution in [0.25, 0.3) is 0 Å². The lowest BCUT2D eigenvalue weighted by Gasteiger charge is -2.16. The highest BCUT2D eigenvalue weighted by molar-refractivity contribution is 6.21. The third-order valence-corrected chi connectivity index (χ3v) is 2.12. The number of carbonyl (C=O) groups is 2. The van der Waals surface area contributed by atoms with Gasteiger partial charge < -0.3 is 5.11 Å². The standard InChI is InChI=1S/C10H8NO3/c1-6(12)11-9(13)7-4-2-3-5-8(7)10(11)14/h2-6,12H,1H2. The number of amides is 2. The molecule has 0 spiro atoms. The monoisotopic (exact) mass is 190 g/mol. The highest BCUT2D eigenvalue weighted by atomic mass is 16.3. The lowest BCUT2D eigenvalue weighted by molar-refractivity contribution is 0.0299. The third-order valence-electron chi connectivity index (χ3n) is 2.12. The van der Waals surface area contributed by atoms with Gasteiger partial charge in [-0.3, -0.25) is 9.59 Å². The molecule has 2 rings (SSSR count). The predicted molar refractivity (Wildman–Crippen MR) is 48.3 cm³/mol. The molecule has 0 bridgehead atoms. The van der Waals surface area contributed by atoms with E-state index < -0.39 is 18.0 Å².